The van der Waals surface area contributed by atoms with Gasteiger partial charge in [0.05, 0.1) is 6.10 Å². The monoisotopic (exact) mass is 390 g/mol. The van der Waals surface area contributed by atoms with Gasteiger partial charge in [-0.25, -0.2) is 0 Å². The Balaban J connectivity index is 1.87. The summed E-state index contributed by atoms with van der Waals surface area (Å²) in [5, 5.41) is 21.1. The van der Waals surface area contributed by atoms with E-state index in [1.807, 2.05) is 18.2 Å². The van der Waals surface area contributed by atoms with E-state index in [0.29, 0.717) is 11.4 Å². The van der Waals surface area contributed by atoms with Gasteiger partial charge in [0.25, 0.3) is 0 Å². The number of rotatable bonds is 5. The Labute approximate surface area is 165 Å². The molecule has 1 aliphatic rings. The second-order valence-electron chi connectivity index (χ2n) is 7.14. The van der Waals surface area contributed by atoms with Gasteiger partial charge in [0, 0.05) is 12.1 Å². The fourth-order valence-corrected chi connectivity index (χ4v) is 3.78. The summed E-state index contributed by atoms with van der Waals surface area (Å²) < 4.78 is 11.4. The summed E-state index contributed by atoms with van der Waals surface area (Å²) in [6, 6.07) is 14.3. The molecule has 2 aromatic rings. The molecule has 0 saturated carbocycles. The summed E-state index contributed by atoms with van der Waals surface area (Å²) in [5.41, 5.74) is 4.36. The maximum atomic E-state index is 10.4. The van der Waals surface area contributed by atoms with Crippen molar-refractivity contribution in [2.24, 2.45) is 0 Å². The van der Waals surface area contributed by atoms with Gasteiger partial charge in [-0.2, -0.15) is 0 Å². The summed E-state index contributed by atoms with van der Waals surface area (Å²) in [6.07, 6.45) is -1.87. The van der Waals surface area contributed by atoms with Crippen LogP contribution in [0.5, 0.6) is 0 Å². The minimum absolute atomic E-state index is 0.470. The van der Waals surface area contributed by atoms with Gasteiger partial charge in [0.1, 0.15) is 24.4 Å². The van der Waals surface area contributed by atoms with Gasteiger partial charge >= 0.3 is 0 Å². The molecule has 0 aliphatic carbocycles. The molecule has 1 heterocycles. The van der Waals surface area contributed by atoms with Crippen LogP contribution in [-0.4, -0.2) is 41.7 Å². The van der Waals surface area contributed by atoms with Crippen molar-refractivity contribution in [3.63, 3.8) is 0 Å². The molecule has 1 fully saturated rings. The Morgan fingerprint density at radius 3 is 2.33 bits per heavy atom. The number of aliphatic hydroxyl groups excluding tert-OH is 2. The maximum absolute atomic E-state index is 10.4. The van der Waals surface area contributed by atoms with Crippen LogP contribution in [0.25, 0.3) is 0 Å². The molecule has 5 heteroatoms. The van der Waals surface area contributed by atoms with Crippen molar-refractivity contribution in [1.29, 1.82) is 0 Å². The highest BCUT2D eigenvalue weighted by molar-refractivity contribution is 6.31. The van der Waals surface area contributed by atoms with Crippen molar-refractivity contribution in [3.8, 4) is 0 Å². The summed E-state index contributed by atoms with van der Waals surface area (Å²) in [4.78, 5) is 0. The minimum Gasteiger partial charge on any atom is -0.388 e. The maximum Gasteiger partial charge on any atom is 0.116 e. The van der Waals surface area contributed by atoms with Crippen LogP contribution in [0.2, 0.25) is 5.02 Å². The minimum atomic E-state index is -1.01. The van der Waals surface area contributed by atoms with E-state index in [2.05, 4.69) is 31.2 Å². The van der Waals surface area contributed by atoms with Crippen LogP contribution in [0, 0.1) is 0 Å². The molecule has 0 aromatic heterocycles. The molecule has 3 rings (SSSR count). The SMILES string of the molecule is CCc1ccc(Cc2cc([C@@H]3O[C@H](C)[C@@H](O)[C@H](O)[C@H]3OC)ccc2Cl)cc1. The van der Waals surface area contributed by atoms with E-state index in [9.17, 15) is 10.2 Å². The fourth-order valence-electron chi connectivity index (χ4n) is 3.59. The largest absolute Gasteiger partial charge is 0.388 e. The third kappa shape index (κ3) is 4.36. The zero-order chi connectivity index (χ0) is 19.6. The lowest BCUT2D eigenvalue weighted by molar-refractivity contribution is -0.227. The van der Waals surface area contributed by atoms with Crippen molar-refractivity contribution in [1.82, 2.24) is 0 Å². The lowest BCUT2D eigenvalue weighted by Crippen LogP contribution is -2.53. The van der Waals surface area contributed by atoms with E-state index in [4.69, 9.17) is 21.1 Å². The lowest BCUT2D eigenvalue weighted by atomic mass is 9.90. The molecule has 5 atom stereocenters. The van der Waals surface area contributed by atoms with Crippen LogP contribution in [0.1, 0.15) is 42.2 Å². The first kappa shape index (κ1) is 20.3. The first-order valence-corrected chi connectivity index (χ1v) is 9.73. The van der Waals surface area contributed by atoms with Gasteiger partial charge in [-0.05, 0) is 48.1 Å². The van der Waals surface area contributed by atoms with Crippen molar-refractivity contribution in [2.45, 2.75) is 57.2 Å². The molecule has 0 unspecified atom stereocenters. The normalized spacial score (nSPS) is 28.3. The number of aryl methyl sites for hydroxylation is 1. The van der Waals surface area contributed by atoms with Crippen LogP contribution in [0.15, 0.2) is 42.5 Å². The highest BCUT2D eigenvalue weighted by Crippen LogP contribution is 2.35. The molecule has 1 saturated heterocycles. The standard InChI is InChI=1S/C22H27ClO4/c1-4-14-5-7-15(8-6-14)11-17-12-16(9-10-18(17)23)21-22(26-3)20(25)19(24)13(2)27-21/h5-10,12-13,19-22,24-25H,4,11H2,1-3H3/t13-,19-,20+,21+,22-/m1/s1. The molecule has 2 aromatic carbocycles. The van der Waals surface area contributed by atoms with Gasteiger partial charge in [0.2, 0.25) is 0 Å². The molecule has 0 spiro atoms. The number of benzene rings is 2. The average molecular weight is 391 g/mol. The Bertz CT molecular complexity index is 761. The quantitative estimate of drug-likeness (QED) is 0.817. The Morgan fingerprint density at radius 2 is 1.70 bits per heavy atom. The van der Waals surface area contributed by atoms with Crippen molar-refractivity contribution < 1.29 is 19.7 Å². The first-order valence-electron chi connectivity index (χ1n) is 9.35. The predicted molar refractivity (Wildman–Crippen MR) is 106 cm³/mol. The van der Waals surface area contributed by atoms with Gasteiger partial charge in [-0.15, -0.1) is 0 Å². The van der Waals surface area contributed by atoms with Crippen molar-refractivity contribution in [2.75, 3.05) is 7.11 Å². The molecular weight excluding hydrogens is 364 g/mol. The highest BCUT2D eigenvalue weighted by Gasteiger charge is 2.43. The molecule has 4 nitrogen and oxygen atoms in total. The van der Waals surface area contributed by atoms with Gasteiger partial charge < -0.3 is 19.7 Å². The molecule has 0 bridgehead atoms. The van der Waals surface area contributed by atoms with E-state index in [1.165, 1.54) is 18.2 Å². The first-order chi connectivity index (χ1) is 12.9. The van der Waals surface area contributed by atoms with E-state index < -0.39 is 30.5 Å². The Morgan fingerprint density at radius 1 is 1.04 bits per heavy atom. The van der Waals surface area contributed by atoms with Crippen molar-refractivity contribution >= 4 is 11.6 Å². The van der Waals surface area contributed by atoms with Crippen molar-refractivity contribution in [3.05, 3.63) is 69.7 Å². The Kier molecular flexibility index (Phi) is 6.56. The van der Waals surface area contributed by atoms with E-state index in [0.717, 1.165) is 17.5 Å². The lowest BCUT2D eigenvalue weighted by Gasteiger charge is -2.41. The van der Waals surface area contributed by atoms with E-state index >= 15 is 0 Å². The van der Waals surface area contributed by atoms with Crippen LogP contribution >= 0.6 is 11.6 Å². The second kappa shape index (κ2) is 8.72. The van der Waals surface area contributed by atoms with Crippen LogP contribution in [-0.2, 0) is 22.3 Å². The molecule has 0 amide bonds. The molecule has 146 valence electrons. The molecule has 0 radical (unpaired) electrons. The zero-order valence-electron chi connectivity index (χ0n) is 15.9. The smallest absolute Gasteiger partial charge is 0.116 e. The number of halogens is 1. The number of aliphatic hydroxyl groups is 2. The number of ether oxygens (including phenoxy) is 2. The summed E-state index contributed by atoms with van der Waals surface area (Å²) in [7, 11) is 1.51. The van der Waals surface area contributed by atoms with E-state index in [-0.39, 0.29) is 0 Å². The van der Waals surface area contributed by atoms with E-state index in [1.54, 1.807) is 6.92 Å². The summed E-state index contributed by atoms with van der Waals surface area (Å²) >= 11 is 6.43. The van der Waals surface area contributed by atoms with Gasteiger partial charge in [0.15, 0.2) is 0 Å². The molecule has 2 N–H and O–H groups in total. The third-order valence-corrected chi connectivity index (χ3v) is 5.69. The highest BCUT2D eigenvalue weighted by atomic mass is 35.5. The second-order valence-corrected chi connectivity index (χ2v) is 7.55. The third-order valence-electron chi connectivity index (χ3n) is 5.32. The molecular formula is C22H27ClO4. The van der Waals surface area contributed by atoms with Gasteiger partial charge in [-0.3, -0.25) is 0 Å². The van der Waals surface area contributed by atoms with Gasteiger partial charge in [-0.1, -0.05) is 54.9 Å². The van der Waals surface area contributed by atoms with Crippen LogP contribution < -0.4 is 0 Å². The Hall–Kier alpha value is -1.43. The molecule has 27 heavy (non-hydrogen) atoms. The molecule has 1 aliphatic heterocycles. The number of hydrogen-bond donors (Lipinski definition) is 2. The number of methoxy groups -OCH3 is 1. The average Bonchev–Trinajstić information content (AvgIpc) is 2.68. The van der Waals surface area contributed by atoms with Crippen LogP contribution in [0.3, 0.4) is 0 Å². The predicted octanol–water partition coefficient (Wildman–Crippen LogP) is 3.69. The summed E-state index contributed by atoms with van der Waals surface area (Å²) in [5.74, 6) is 0. The van der Waals surface area contributed by atoms with Crippen LogP contribution in [0.4, 0.5) is 0 Å². The number of hydrogen-bond acceptors (Lipinski definition) is 4. The summed E-state index contributed by atoms with van der Waals surface area (Å²) in [6.45, 7) is 3.89. The topological polar surface area (TPSA) is 58.9 Å². The zero-order valence-corrected chi connectivity index (χ0v) is 16.7. The fraction of sp³-hybridized carbons (Fsp3) is 0.455.